The normalized spacial score (nSPS) is 17.2. The number of benzene rings is 1. The van der Waals surface area contributed by atoms with Crippen molar-refractivity contribution < 1.29 is 29.1 Å². The minimum absolute atomic E-state index is 0.0551. The molecule has 4 unspecified atom stereocenters. The number of carbonyl (C=O) groups is 5. The first-order valence-electron chi connectivity index (χ1n) is 13.5. The number of nitrogens with one attached hydrogen (secondary N) is 3. The quantitative estimate of drug-likeness (QED) is 0.141. The second-order valence-corrected chi connectivity index (χ2v) is 10.1. The Morgan fingerprint density at radius 1 is 1.07 bits per heavy atom. The maximum Gasteiger partial charge on any atom is 0.326 e. The van der Waals surface area contributed by atoms with Crippen LogP contribution in [-0.4, -0.2) is 81.8 Å². The molecule has 3 rings (SSSR count). The molecular weight excluding hydrogens is 518 g/mol. The number of unbranched alkanes of at least 4 members (excludes halogenated alkanes) is 1. The molecule has 10 N–H and O–H groups in total. The molecule has 1 aliphatic rings. The summed E-state index contributed by atoms with van der Waals surface area (Å²) < 4.78 is 0. The number of hydrogen-bond acceptors (Lipinski definition) is 7. The van der Waals surface area contributed by atoms with Crippen LogP contribution in [0.5, 0.6) is 0 Å². The van der Waals surface area contributed by atoms with E-state index < -0.39 is 53.8 Å². The van der Waals surface area contributed by atoms with Crippen LogP contribution in [0.2, 0.25) is 0 Å². The number of H-pyrrole nitrogens is 1. The standard InChI is InChI=1S/C27H39N7O6/c28-12-4-3-8-20(27(39)40)32-24(36)21(14-16-15-31-19-7-2-1-6-17(16)19)33-25(37)22-9-5-13-34(22)26(38)18(29)10-11-23(30)35/h1-2,6-7,15,18,20-22,31H,3-5,8-14,28-29H2,(H2,30,35)(H,32,36)(H,33,37)(H,39,40). The summed E-state index contributed by atoms with van der Waals surface area (Å²) in [5, 5.41) is 15.8. The Morgan fingerprint density at radius 3 is 2.52 bits per heavy atom. The number of primary amides is 1. The fourth-order valence-corrected chi connectivity index (χ4v) is 4.96. The second-order valence-electron chi connectivity index (χ2n) is 10.1. The van der Waals surface area contributed by atoms with E-state index in [9.17, 15) is 29.1 Å². The number of aliphatic carboxylic acids is 1. The number of rotatable bonds is 15. The molecule has 0 radical (unpaired) electrons. The van der Waals surface area contributed by atoms with Gasteiger partial charge in [-0.15, -0.1) is 0 Å². The number of amides is 4. The first kappa shape index (κ1) is 30.6. The van der Waals surface area contributed by atoms with Crippen molar-refractivity contribution in [1.29, 1.82) is 0 Å². The molecule has 4 atom stereocenters. The van der Waals surface area contributed by atoms with Gasteiger partial charge in [0.25, 0.3) is 0 Å². The van der Waals surface area contributed by atoms with Gasteiger partial charge in [0, 0.05) is 36.5 Å². The SMILES string of the molecule is NCCCCC(NC(=O)C(Cc1c[nH]c2ccccc12)NC(=O)C1CCCN1C(=O)C(N)CCC(N)=O)C(=O)O. The molecule has 2 heterocycles. The smallest absolute Gasteiger partial charge is 0.326 e. The van der Waals surface area contributed by atoms with Gasteiger partial charge >= 0.3 is 5.97 Å². The van der Waals surface area contributed by atoms with E-state index >= 15 is 0 Å². The van der Waals surface area contributed by atoms with E-state index in [1.165, 1.54) is 4.90 Å². The monoisotopic (exact) mass is 557 g/mol. The van der Waals surface area contributed by atoms with Crippen LogP contribution < -0.4 is 27.8 Å². The molecule has 0 bridgehead atoms. The molecule has 40 heavy (non-hydrogen) atoms. The zero-order valence-corrected chi connectivity index (χ0v) is 22.4. The lowest BCUT2D eigenvalue weighted by molar-refractivity contribution is -0.143. The van der Waals surface area contributed by atoms with Crippen LogP contribution in [0.15, 0.2) is 30.5 Å². The fraction of sp³-hybridized carbons (Fsp3) is 0.519. The number of nitrogens with zero attached hydrogens (tertiary/aromatic N) is 1. The number of para-hydroxylation sites is 1. The lowest BCUT2D eigenvalue weighted by atomic mass is 10.0. The third kappa shape index (κ3) is 8.02. The lowest BCUT2D eigenvalue weighted by Crippen LogP contribution is -2.57. The minimum atomic E-state index is -1.18. The highest BCUT2D eigenvalue weighted by molar-refractivity contribution is 5.95. The summed E-state index contributed by atoms with van der Waals surface area (Å²) in [5.41, 5.74) is 18.3. The van der Waals surface area contributed by atoms with E-state index in [-0.39, 0.29) is 25.7 Å². The van der Waals surface area contributed by atoms with Crippen molar-refractivity contribution in [3.8, 4) is 0 Å². The number of aromatic nitrogens is 1. The molecule has 218 valence electrons. The predicted octanol–water partition coefficient (Wildman–Crippen LogP) is -0.523. The third-order valence-electron chi connectivity index (χ3n) is 7.15. The van der Waals surface area contributed by atoms with E-state index in [0.717, 1.165) is 16.5 Å². The van der Waals surface area contributed by atoms with Gasteiger partial charge in [-0.3, -0.25) is 19.2 Å². The molecule has 13 heteroatoms. The number of fused-ring (bicyclic) bond motifs is 1. The van der Waals surface area contributed by atoms with Crippen molar-refractivity contribution in [3.05, 3.63) is 36.0 Å². The zero-order valence-electron chi connectivity index (χ0n) is 22.4. The number of carbonyl (C=O) groups excluding carboxylic acids is 4. The molecule has 1 fully saturated rings. The molecule has 1 aliphatic heterocycles. The Hall–Kier alpha value is -3.97. The maximum absolute atomic E-state index is 13.4. The number of carboxylic acids is 1. The molecule has 4 amide bonds. The summed E-state index contributed by atoms with van der Waals surface area (Å²) in [6.07, 6.45) is 4.11. The van der Waals surface area contributed by atoms with Gasteiger partial charge < -0.3 is 42.8 Å². The van der Waals surface area contributed by atoms with E-state index in [1.54, 1.807) is 6.20 Å². The van der Waals surface area contributed by atoms with Crippen molar-refractivity contribution >= 4 is 40.5 Å². The average Bonchev–Trinajstić information content (AvgIpc) is 3.58. The summed E-state index contributed by atoms with van der Waals surface area (Å²) in [5.74, 6) is -3.41. The van der Waals surface area contributed by atoms with Gasteiger partial charge in [-0.2, -0.15) is 0 Å². The van der Waals surface area contributed by atoms with Crippen molar-refractivity contribution in [1.82, 2.24) is 20.5 Å². The van der Waals surface area contributed by atoms with Crippen molar-refractivity contribution in [3.63, 3.8) is 0 Å². The van der Waals surface area contributed by atoms with Crippen molar-refractivity contribution in [2.75, 3.05) is 13.1 Å². The Bertz CT molecular complexity index is 1210. The first-order chi connectivity index (χ1) is 19.1. The second kappa shape index (κ2) is 14.4. The van der Waals surface area contributed by atoms with Gasteiger partial charge in [0.1, 0.15) is 18.1 Å². The van der Waals surface area contributed by atoms with Crippen LogP contribution in [0.4, 0.5) is 0 Å². The van der Waals surface area contributed by atoms with E-state index in [1.807, 2.05) is 24.3 Å². The average molecular weight is 558 g/mol. The Labute approximate surface area is 232 Å². The molecule has 0 saturated carbocycles. The number of aromatic amines is 1. The lowest BCUT2D eigenvalue weighted by Gasteiger charge is -2.28. The van der Waals surface area contributed by atoms with Crippen LogP contribution in [0.25, 0.3) is 10.9 Å². The number of carboxylic acid groups (broad SMARTS) is 1. The highest BCUT2D eigenvalue weighted by Gasteiger charge is 2.38. The number of nitrogens with two attached hydrogens (primary N) is 3. The fourth-order valence-electron chi connectivity index (χ4n) is 4.96. The molecule has 0 spiro atoms. The maximum atomic E-state index is 13.4. The van der Waals surface area contributed by atoms with Gasteiger partial charge in [-0.25, -0.2) is 4.79 Å². The molecule has 1 aromatic heterocycles. The topological polar surface area (TPSA) is 227 Å². The highest BCUT2D eigenvalue weighted by Crippen LogP contribution is 2.22. The first-order valence-corrected chi connectivity index (χ1v) is 13.5. The Kier molecular flexibility index (Phi) is 11.0. The Morgan fingerprint density at radius 2 is 1.82 bits per heavy atom. The van der Waals surface area contributed by atoms with E-state index in [0.29, 0.717) is 38.8 Å². The summed E-state index contributed by atoms with van der Waals surface area (Å²) in [4.78, 5) is 67.2. The molecule has 2 aromatic rings. The molecular formula is C27H39N7O6. The minimum Gasteiger partial charge on any atom is -0.480 e. The Balaban J connectivity index is 1.79. The molecule has 13 nitrogen and oxygen atoms in total. The van der Waals surface area contributed by atoms with E-state index in [4.69, 9.17) is 17.2 Å². The summed E-state index contributed by atoms with van der Waals surface area (Å²) in [6.45, 7) is 0.713. The zero-order chi connectivity index (χ0) is 29.2. The van der Waals surface area contributed by atoms with Gasteiger partial charge in [0.15, 0.2) is 0 Å². The van der Waals surface area contributed by atoms with Crippen molar-refractivity contribution in [2.24, 2.45) is 17.2 Å². The van der Waals surface area contributed by atoms with E-state index in [2.05, 4.69) is 15.6 Å². The summed E-state index contributed by atoms with van der Waals surface area (Å²) in [7, 11) is 0. The van der Waals surface area contributed by atoms with Crippen LogP contribution in [0, 0.1) is 0 Å². The van der Waals surface area contributed by atoms with Crippen LogP contribution in [0.3, 0.4) is 0 Å². The molecule has 1 aromatic carbocycles. The third-order valence-corrected chi connectivity index (χ3v) is 7.15. The number of likely N-dealkylation sites (tertiary alicyclic amines) is 1. The molecule has 0 aliphatic carbocycles. The van der Waals surface area contributed by atoms with Crippen LogP contribution >= 0.6 is 0 Å². The van der Waals surface area contributed by atoms with Crippen LogP contribution in [-0.2, 0) is 30.4 Å². The number of hydrogen-bond donors (Lipinski definition) is 7. The summed E-state index contributed by atoms with van der Waals surface area (Å²) in [6, 6.07) is 3.39. The van der Waals surface area contributed by atoms with Gasteiger partial charge in [0.05, 0.1) is 6.04 Å². The van der Waals surface area contributed by atoms with Crippen molar-refractivity contribution in [2.45, 2.75) is 75.5 Å². The van der Waals surface area contributed by atoms with Crippen LogP contribution in [0.1, 0.15) is 50.5 Å². The van der Waals surface area contributed by atoms with Gasteiger partial charge in [-0.05, 0) is 56.7 Å². The molecule has 1 saturated heterocycles. The van der Waals surface area contributed by atoms with Gasteiger partial charge in [-0.1, -0.05) is 18.2 Å². The summed E-state index contributed by atoms with van der Waals surface area (Å²) >= 11 is 0. The van der Waals surface area contributed by atoms with Gasteiger partial charge in [0.2, 0.25) is 23.6 Å². The predicted molar refractivity (Wildman–Crippen MR) is 148 cm³/mol. The highest BCUT2D eigenvalue weighted by atomic mass is 16.4. The largest absolute Gasteiger partial charge is 0.480 e.